The minimum absolute atomic E-state index is 0.0233. The van der Waals surface area contributed by atoms with Crippen molar-refractivity contribution in [2.75, 3.05) is 19.8 Å². The van der Waals surface area contributed by atoms with Gasteiger partial charge in [-0.15, -0.1) is 0 Å². The smallest absolute Gasteiger partial charge is 0.331 e. The Labute approximate surface area is 325 Å². The number of aliphatic hydroxyl groups excluding tert-OH is 7. The molecule has 10 N–H and O–H groups in total. The largest absolute Gasteiger partial charge is 0.508 e. The summed E-state index contributed by atoms with van der Waals surface area (Å²) >= 11 is 0. The summed E-state index contributed by atoms with van der Waals surface area (Å²) < 4.78 is 46.7. The van der Waals surface area contributed by atoms with Crippen LogP contribution in [-0.4, -0.2) is 175 Å². The molecule has 0 saturated carbocycles. The molecule has 0 unspecified atom stereocenters. The molecule has 316 valence electrons. The van der Waals surface area contributed by atoms with Crippen molar-refractivity contribution in [3.05, 3.63) is 59.7 Å². The Kier molecular flexibility index (Phi) is 15.2. The van der Waals surface area contributed by atoms with Crippen LogP contribution in [0.25, 0.3) is 6.08 Å². The number of hydrogen-bond acceptors (Lipinski definition) is 20. The number of rotatable bonds is 14. The summed E-state index contributed by atoms with van der Waals surface area (Å²) in [5, 5.41) is 102. The van der Waals surface area contributed by atoms with Crippen LogP contribution in [0, 0.1) is 0 Å². The molecular formula is C37H48O20. The van der Waals surface area contributed by atoms with Gasteiger partial charge in [0.25, 0.3) is 0 Å². The summed E-state index contributed by atoms with van der Waals surface area (Å²) in [5.41, 5.74) is 0.987. The van der Waals surface area contributed by atoms with Crippen LogP contribution in [0.5, 0.6) is 17.2 Å². The first kappa shape index (κ1) is 44.1. The minimum atomic E-state index is -1.90. The Hall–Kier alpha value is -4.00. The Balaban J connectivity index is 1.50. The molecule has 0 bridgehead atoms. The summed E-state index contributed by atoms with van der Waals surface area (Å²) in [5.74, 6) is -2.69. The maximum Gasteiger partial charge on any atom is 0.331 e. The van der Waals surface area contributed by atoms with E-state index in [4.69, 9.17) is 37.9 Å². The van der Waals surface area contributed by atoms with E-state index in [-0.39, 0.29) is 24.5 Å². The quantitative estimate of drug-likeness (QED) is 0.0544. The second-order valence-electron chi connectivity index (χ2n) is 13.7. The lowest BCUT2D eigenvalue weighted by molar-refractivity contribution is -0.364. The lowest BCUT2D eigenvalue weighted by Gasteiger charge is -2.48. The van der Waals surface area contributed by atoms with Crippen LogP contribution in [0.4, 0.5) is 0 Å². The summed E-state index contributed by atoms with van der Waals surface area (Å²) in [6.07, 6.45) is -22.1. The average Bonchev–Trinajstić information content (AvgIpc) is 3.18. The lowest BCUT2D eigenvalue weighted by atomic mass is 9.96. The van der Waals surface area contributed by atoms with Crippen molar-refractivity contribution in [1.29, 1.82) is 0 Å². The Bertz CT molecular complexity index is 1650. The number of aromatic hydroxyl groups is 3. The van der Waals surface area contributed by atoms with Gasteiger partial charge >= 0.3 is 11.9 Å². The average molecular weight is 813 g/mol. The van der Waals surface area contributed by atoms with Crippen LogP contribution in [-0.2, 0) is 53.9 Å². The molecule has 0 spiro atoms. The highest BCUT2D eigenvalue weighted by Crippen LogP contribution is 2.34. The molecule has 3 fully saturated rings. The lowest BCUT2D eigenvalue weighted by Crippen LogP contribution is -2.66. The van der Waals surface area contributed by atoms with Gasteiger partial charge in [-0.3, -0.25) is 4.79 Å². The summed E-state index contributed by atoms with van der Waals surface area (Å²) in [6.45, 7) is 0.808. The van der Waals surface area contributed by atoms with E-state index in [1.54, 1.807) is 0 Å². The molecule has 3 saturated heterocycles. The highest BCUT2D eigenvalue weighted by molar-refractivity contribution is 5.87. The second-order valence-corrected chi connectivity index (χ2v) is 13.7. The zero-order valence-electron chi connectivity index (χ0n) is 30.7. The van der Waals surface area contributed by atoms with Gasteiger partial charge in [-0.05, 0) is 54.8 Å². The van der Waals surface area contributed by atoms with Gasteiger partial charge in [0.05, 0.1) is 25.9 Å². The molecule has 20 nitrogen and oxygen atoms in total. The second kappa shape index (κ2) is 19.6. The predicted molar refractivity (Wildman–Crippen MR) is 188 cm³/mol. The SMILES string of the molecule is CC(=O)O[C@H]1[C@H](OCCc2ccc(O)c(O)c2)O[C@H](CO[C@@H]2O[C@H](CO)[C@@H](O)[C@H](O)[C@H]2O)[C@@H](OC(=O)/C=C/c2ccc(O)cc2)[C@@H]1O[C@@H]1O[C@@H](C)[C@H](O)[C@@H](O)[C@H]1O. The van der Waals surface area contributed by atoms with Crippen molar-refractivity contribution in [2.24, 2.45) is 0 Å². The summed E-state index contributed by atoms with van der Waals surface area (Å²) in [6, 6.07) is 9.84. The molecule has 2 aromatic carbocycles. The first-order valence-electron chi connectivity index (χ1n) is 18.0. The van der Waals surface area contributed by atoms with Crippen molar-refractivity contribution < 1.29 is 98.5 Å². The number of benzene rings is 2. The van der Waals surface area contributed by atoms with E-state index in [9.17, 15) is 60.7 Å². The Morgan fingerprint density at radius 1 is 0.702 bits per heavy atom. The molecule has 3 aliphatic rings. The van der Waals surface area contributed by atoms with E-state index >= 15 is 0 Å². The topological polar surface area (TPSA) is 310 Å². The third-order valence-electron chi connectivity index (χ3n) is 9.54. The monoisotopic (exact) mass is 812 g/mol. The normalized spacial score (nSPS) is 35.8. The van der Waals surface area contributed by atoms with E-state index in [0.717, 1.165) is 13.0 Å². The standard InChI is InChI=1S/C37H48O20/c1-16-26(44)28(46)31(49)36(52-16)57-33-32(56-25(43)10-6-18-3-7-20(40)8-4-18)24(15-51-35-30(48)29(47)27(45)23(14-38)54-35)55-37(34(33)53-17(2)39)50-12-11-19-5-9-21(41)22(42)13-19/h3-10,13,16,23-24,26-38,40-42,44-49H,11-12,14-15H2,1-2H3/b10-6+/t16-,23+,24+,26-,27+,28+,29-,30+,31+,32+,33-,34+,35+,36-,37+/m0/s1. The van der Waals surface area contributed by atoms with Crippen molar-refractivity contribution in [3.8, 4) is 17.2 Å². The molecule has 3 heterocycles. The van der Waals surface area contributed by atoms with Crippen molar-refractivity contribution in [3.63, 3.8) is 0 Å². The molecule has 15 atom stereocenters. The fourth-order valence-electron chi connectivity index (χ4n) is 6.38. The number of aliphatic hydroxyl groups is 7. The number of carbonyl (C=O) groups is 2. The Morgan fingerprint density at radius 2 is 1.37 bits per heavy atom. The van der Waals surface area contributed by atoms with Gasteiger partial charge in [0.1, 0.15) is 60.7 Å². The zero-order chi connectivity index (χ0) is 41.6. The molecule has 3 aliphatic heterocycles. The minimum Gasteiger partial charge on any atom is -0.508 e. The van der Waals surface area contributed by atoms with Gasteiger partial charge in [0.15, 0.2) is 42.6 Å². The molecular weight excluding hydrogens is 764 g/mol. The molecule has 57 heavy (non-hydrogen) atoms. The number of esters is 2. The van der Waals surface area contributed by atoms with E-state index in [1.807, 2.05) is 0 Å². The number of carbonyl (C=O) groups excluding carboxylic acids is 2. The maximum absolute atomic E-state index is 13.5. The van der Waals surface area contributed by atoms with Gasteiger partial charge in [-0.2, -0.15) is 0 Å². The maximum atomic E-state index is 13.5. The zero-order valence-corrected chi connectivity index (χ0v) is 30.7. The molecule has 0 aliphatic carbocycles. The Morgan fingerprint density at radius 3 is 2.04 bits per heavy atom. The third-order valence-corrected chi connectivity index (χ3v) is 9.54. The number of hydrogen-bond donors (Lipinski definition) is 10. The molecule has 20 heteroatoms. The number of phenolic OH excluding ortho intramolecular Hbond substituents is 3. The molecule has 5 rings (SSSR count). The van der Waals surface area contributed by atoms with Crippen molar-refractivity contribution in [2.45, 2.75) is 112 Å². The highest BCUT2D eigenvalue weighted by Gasteiger charge is 2.55. The molecule has 0 aromatic heterocycles. The van der Waals surface area contributed by atoms with Gasteiger partial charge in [-0.25, -0.2) is 4.79 Å². The van der Waals surface area contributed by atoms with Crippen LogP contribution in [0.1, 0.15) is 25.0 Å². The summed E-state index contributed by atoms with van der Waals surface area (Å²) in [4.78, 5) is 26.0. The van der Waals surface area contributed by atoms with E-state index in [0.29, 0.717) is 11.1 Å². The van der Waals surface area contributed by atoms with E-state index in [2.05, 4.69) is 0 Å². The fraction of sp³-hybridized carbons (Fsp3) is 0.568. The first-order valence-corrected chi connectivity index (χ1v) is 18.0. The summed E-state index contributed by atoms with van der Waals surface area (Å²) in [7, 11) is 0. The molecule has 0 amide bonds. The molecule has 2 aromatic rings. The number of ether oxygens (including phenoxy) is 8. The van der Waals surface area contributed by atoms with Crippen molar-refractivity contribution >= 4 is 18.0 Å². The van der Waals surface area contributed by atoms with Crippen LogP contribution in [0.15, 0.2) is 48.5 Å². The van der Waals surface area contributed by atoms with Gasteiger partial charge in [0.2, 0.25) is 0 Å². The first-order chi connectivity index (χ1) is 27.1. The van der Waals surface area contributed by atoms with Crippen LogP contribution in [0.2, 0.25) is 0 Å². The van der Waals surface area contributed by atoms with Gasteiger partial charge in [0, 0.05) is 13.0 Å². The fourth-order valence-corrected chi connectivity index (χ4v) is 6.38. The van der Waals surface area contributed by atoms with Crippen LogP contribution in [0.3, 0.4) is 0 Å². The third kappa shape index (κ3) is 10.9. The van der Waals surface area contributed by atoms with E-state index in [1.165, 1.54) is 55.5 Å². The van der Waals surface area contributed by atoms with Crippen LogP contribution >= 0.6 is 0 Å². The van der Waals surface area contributed by atoms with Crippen LogP contribution < -0.4 is 0 Å². The number of phenols is 3. The molecule has 0 radical (unpaired) electrons. The highest BCUT2D eigenvalue weighted by atomic mass is 16.8. The van der Waals surface area contributed by atoms with Gasteiger partial charge in [-0.1, -0.05) is 18.2 Å². The van der Waals surface area contributed by atoms with Crippen molar-refractivity contribution in [1.82, 2.24) is 0 Å². The van der Waals surface area contributed by atoms with Gasteiger partial charge < -0.3 is 89.0 Å². The predicted octanol–water partition coefficient (Wildman–Crippen LogP) is -2.33. The van der Waals surface area contributed by atoms with E-state index < -0.39 is 123 Å².